The van der Waals surface area contributed by atoms with E-state index in [9.17, 15) is 18.4 Å². The summed E-state index contributed by atoms with van der Waals surface area (Å²) in [5.74, 6) is -2.89. The number of halogens is 2. The molecule has 4 rings (SSSR count). The second-order valence-electron chi connectivity index (χ2n) is 6.74. The molecule has 3 aromatic rings. The number of carbonyl (C=O) groups is 2. The standard InChI is InChI=1S/C24H18F2N2O3/c1-2-31-18-11-8-15(9-12-18)21-22(27-16-6-4-3-5-7-16)24(30)28(23(21)29)17-10-13-19(25)20(26)14-17/h3-14,27H,2H2,1H3. The summed E-state index contributed by atoms with van der Waals surface area (Å²) in [4.78, 5) is 27.3. The van der Waals surface area contributed by atoms with E-state index in [0.717, 1.165) is 17.0 Å². The molecule has 0 radical (unpaired) electrons. The van der Waals surface area contributed by atoms with Crippen LogP contribution in [0, 0.1) is 11.6 Å². The van der Waals surface area contributed by atoms with Gasteiger partial charge in [0.25, 0.3) is 11.8 Å². The van der Waals surface area contributed by atoms with Crippen molar-refractivity contribution in [3.8, 4) is 5.75 Å². The first-order chi connectivity index (χ1) is 15.0. The van der Waals surface area contributed by atoms with Gasteiger partial charge in [0, 0.05) is 11.8 Å². The van der Waals surface area contributed by atoms with E-state index in [4.69, 9.17) is 4.74 Å². The zero-order valence-corrected chi connectivity index (χ0v) is 16.6. The molecule has 156 valence electrons. The fraction of sp³-hybridized carbons (Fsp3) is 0.0833. The van der Waals surface area contributed by atoms with Gasteiger partial charge in [-0.15, -0.1) is 0 Å². The molecular formula is C24H18F2N2O3. The van der Waals surface area contributed by atoms with E-state index in [1.165, 1.54) is 6.07 Å². The fourth-order valence-electron chi connectivity index (χ4n) is 3.32. The summed E-state index contributed by atoms with van der Waals surface area (Å²) in [5.41, 5.74) is 1.22. The van der Waals surface area contributed by atoms with Gasteiger partial charge in [-0.05, 0) is 48.9 Å². The lowest BCUT2D eigenvalue weighted by atomic mass is 10.0. The van der Waals surface area contributed by atoms with Crippen molar-refractivity contribution in [2.75, 3.05) is 16.8 Å². The number of nitrogens with one attached hydrogen (secondary N) is 1. The van der Waals surface area contributed by atoms with Crippen molar-refractivity contribution in [1.29, 1.82) is 0 Å². The summed E-state index contributed by atoms with van der Waals surface area (Å²) in [5, 5.41) is 3.00. The van der Waals surface area contributed by atoms with Crippen LogP contribution in [-0.2, 0) is 9.59 Å². The van der Waals surface area contributed by atoms with Gasteiger partial charge in [0.1, 0.15) is 11.4 Å². The van der Waals surface area contributed by atoms with E-state index in [0.29, 0.717) is 23.6 Å². The maximum absolute atomic E-state index is 13.8. The molecule has 0 unspecified atom stereocenters. The highest BCUT2D eigenvalue weighted by Gasteiger charge is 2.40. The van der Waals surface area contributed by atoms with Crippen molar-refractivity contribution in [3.05, 3.63) is 95.7 Å². The van der Waals surface area contributed by atoms with Crippen molar-refractivity contribution in [2.24, 2.45) is 0 Å². The Morgan fingerprint density at radius 1 is 0.871 bits per heavy atom. The number of amides is 2. The summed E-state index contributed by atoms with van der Waals surface area (Å²) >= 11 is 0. The Morgan fingerprint density at radius 2 is 1.58 bits per heavy atom. The van der Waals surface area contributed by atoms with Gasteiger partial charge in [0.2, 0.25) is 0 Å². The van der Waals surface area contributed by atoms with Gasteiger partial charge in [-0.2, -0.15) is 0 Å². The number of hydrogen-bond acceptors (Lipinski definition) is 4. The van der Waals surface area contributed by atoms with Gasteiger partial charge < -0.3 is 10.1 Å². The number of para-hydroxylation sites is 1. The Hall–Kier alpha value is -4.00. The van der Waals surface area contributed by atoms with E-state index in [1.807, 2.05) is 13.0 Å². The van der Waals surface area contributed by atoms with Gasteiger partial charge in [-0.25, -0.2) is 13.7 Å². The number of anilines is 2. The third-order valence-electron chi connectivity index (χ3n) is 4.74. The highest BCUT2D eigenvalue weighted by molar-refractivity contribution is 6.46. The lowest BCUT2D eigenvalue weighted by molar-refractivity contribution is -0.120. The SMILES string of the molecule is CCOc1ccc(C2=C(Nc3ccccc3)C(=O)N(c3ccc(F)c(F)c3)C2=O)cc1. The van der Waals surface area contributed by atoms with Gasteiger partial charge in [-0.3, -0.25) is 9.59 Å². The minimum absolute atomic E-state index is 0.0464. The van der Waals surface area contributed by atoms with E-state index in [2.05, 4.69) is 5.32 Å². The zero-order chi connectivity index (χ0) is 22.0. The Morgan fingerprint density at radius 3 is 2.23 bits per heavy atom. The molecule has 1 heterocycles. The van der Waals surface area contributed by atoms with Crippen LogP contribution in [0.25, 0.3) is 5.57 Å². The highest BCUT2D eigenvalue weighted by Crippen LogP contribution is 2.34. The van der Waals surface area contributed by atoms with Gasteiger partial charge in [-0.1, -0.05) is 30.3 Å². The summed E-state index contributed by atoms with van der Waals surface area (Å²) in [6.45, 7) is 2.35. The Kier molecular flexibility index (Phi) is 5.49. The highest BCUT2D eigenvalue weighted by atomic mass is 19.2. The molecule has 31 heavy (non-hydrogen) atoms. The molecule has 0 spiro atoms. The molecule has 3 aromatic carbocycles. The quantitative estimate of drug-likeness (QED) is 0.584. The second-order valence-corrected chi connectivity index (χ2v) is 6.74. The Labute approximate surface area is 177 Å². The van der Waals surface area contributed by atoms with Crippen LogP contribution < -0.4 is 15.0 Å². The third kappa shape index (κ3) is 3.90. The number of nitrogens with zero attached hydrogens (tertiary/aromatic N) is 1. The average molecular weight is 420 g/mol. The molecule has 0 saturated heterocycles. The monoisotopic (exact) mass is 420 g/mol. The van der Waals surface area contributed by atoms with Crippen LogP contribution in [0.4, 0.5) is 20.2 Å². The summed E-state index contributed by atoms with van der Waals surface area (Å²) in [6, 6.07) is 18.5. The third-order valence-corrected chi connectivity index (χ3v) is 4.74. The number of ether oxygens (including phenoxy) is 1. The molecule has 1 aliphatic heterocycles. The van der Waals surface area contributed by atoms with Crippen LogP contribution in [-0.4, -0.2) is 18.4 Å². The van der Waals surface area contributed by atoms with E-state index < -0.39 is 23.4 Å². The average Bonchev–Trinajstić information content (AvgIpc) is 3.01. The summed E-state index contributed by atoms with van der Waals surface area (Å²) < 4.78 is 32.6. The topological polar surface area (TPSA) is 58.6 Å². The predicted octanol–water partition coefficient (Wildman–Crippen LogP) is 4.76. The van der Waals surface area contributed by atoms with E-state index in [-0.39, 0.29) is 17.0 Å². The number of carbonyl (C=O) groups excluding carboxylic acids is 2. The van der Waals surface area contributed by atoms with Gasteiger partial charge in [0.05, 0.1) is 17.9 Å². The van der Waals surface area contributed by atoms with Crippen molar-refractivity contribution in [3.63, 3.8) is 0 Å². The summed E-state index contributed by atoms with van der Waals surface area (Å²) in [6.07, 6.45) is 0. The number of hydrogen-bond donors (Lipinski definition) is 1. The zero-order valence-electron chi connectivity index (χ0n) is 16.6. The van der Waals surface area contributed by atoms with Crippen LogP contribution in [0.15, 0.2) is 78.5 Å². The normalized spacial score (nSPS) is 13.7. The first-order valence-corrected chi connectivity index (χ1v) is 9.63. The molecule has 1 aliphatic rings. The van der Waals surface area contributed by atoms with Gasteiger partial charge >= 0.3 is 0 Å². The Balaban J connectivity index is 1.79. The number of benzene rings is 3. The molecule has 5 nitrogen and oxygen atoms in total. The van der Waals surface area contributed by atoms with Crippen molar-refractivity contribution >= 4 is 28.8 Å². The molecule has 0 aliphatic carbocycles. The predicted molar refractivity (Wildman–Crippen MR) is 113 cm³/mol. The maximum Gasteiger partial charge on any atom is 0.282 e. The molecule has 1 N–H and O–H groups in total. The van der Waals surface area contributed by atoms with Crippen LogP contribution in [0.3, 0.4) is 0 Å². The first-order valence-electron chi connectivity index (χ1n) is 9.63. The van der Waals surface area contributed by atoms with Crippen molar-refractivity contribution < 1.29 is 23.1 Å². The smallest absolute Gasteiger partial charge is 0.282 e. The maximum atomic E-state index is 13.8. The van der Waals surface area contributed by atoms with Crippen molar-refractivity contribution in [1.82, 2.24) is 0 Å². The molecule has 0 bridgehead atoms. The van der Waals surface area contributed by atoms with Crippen LogP contribution >= 0.6 is 0 Å². The molecule has 0 fully saturated rings. The summed E-state index contributed by atoms with van der Waals surface area (Å²) in [7, 11) is 0. The molecule has 2 amide bonds. The second kappa shape index (κ2) is 8.39. The molecule has 7 heteroatoms. The fourth-order valence-corrected chi connectivity index (χ4v) is 3.32. The van der Waals surface area contributed by atoms with E-state index >= 15 is 0 Å². The number of imide groups is 1. The molecule has 0 saturated carbocycles. The van der Waals surface area contributed by atoms with Gasteiger partial charge in [0.15, 0.2) is 11.6 Å². The van der Waals surface area contributed by atoms with Crippen LogP contribution in [0.5, 0.6) is 5.75 Å². The first kappa shape index (κ1) is 20.3. The van der Waals surface area contributed by atoms with E-state index in [1.54, 1.807) is 48.5 Å². The van der Waals surface area contributed by atoms with Crippen LogP contribution in [0.1, 0.15) is 12.5 Å². The van der Waals surface area contributed by atoms with Crippen LogP contribution in [0.2, 0.25) is 0 Å². The minimum atomic E-state index is -1.15. The largest absolute Gasteiger partial charge is 0.494 e. The lowest BCUT2D eigenvalue weighted by Gasteiger charge is -2.15. The molecule has 0 aromatic heterocycles. The minimum Gasteiger partial charge on any atom is -0.494 e. The molecule has 0 atom stereocenters. The van der Waals surface area contributed by atoms with Crippen molar-refractivity contribution in [2.45, 2.75) is 6.92 Å². The number of rotatable bonds is 6. The Bertz CT molecular complexity index is 1180. The lowest BCUT2D eigenvalue weighted by Crippen LogP contribution is -2.32. The molecular weight excluding hydrogens is 402 g/mol.